The molecule has 0 heterocycles. The van der Waals surface area contributed by atoms with Crippen molar-refractivity contribution in [1.82, 2.24) is 0 Å². The summed E-state index contributed by atoms with van der Waals surface area (Å²) >= 11 is 0. The Kier molecular flexibility index (Phi) is 6.40. The van der Waals surface area contributed by atoms with E-state index in [4.69, 9.17) is 0 Å². The lowest BCUT2D eigenvalue weighted by Gasteiger charge is -2.36. The van der Waals surface area contributed by atoms with Gasteiger partial charge in [0.25, 0.3) is 0 Å². The Morgan fingerprint density at radius 3 is 2.34 bits per heavy atom. The van der Waals surface area contributed by atoms with Gasteiger partial charge in [0, 0.05) is 5.92 Å². The van der Waals surface area contributed by atoms with Crippen LogP contribution in [0, 0.1) is 23.7 Å². The quantitative estimate of drug-likeness (QED) is 0.343. The summed E-state index contributed by atoms with van der Waals surface area (Å²) < 4.78 is 0. The van der Waals surface area contributed by atoms with Gasteiger partial charge in [-0.2, -0.15) is 0 Å². The van der Waals surface area contributed by atoms with Gasteiger partial charge in [-0.15, -0.1) is 0 Å². The van der Waals surface area contributed by atoms with Crippen molar-refractivity contribution in [3.8, 4) is 11.1 Å². The van der Waals surface area contributed by atoms with Crippen molar-refractivity contribution in [1.29, 1.82) is 0 Å². The van der Waals surface area contributed by atoms with E-state index in [0.29, 0.717) is 5.92 Å². The molecule has 2 fully saturated rings. The Hall–Kier alpha value is -2.60. The minimum atomic E-state index is 0.601. The van der Waals surface area contributed by atoms with Crippen molar-refractivity contribution in [3.05, 3.63) is 101 Å². The van der Waals surface area contributed by atoms with Gasteiger partial charge in [0.05, 0.1) is 0 Å². The molecule has 35 heavy (non-hydrogen) atoms. The zero-order chi connectivity index (χ0) is 23.8. The van der Waals surface area contributed by atoms with E-state index in [2.05, 4.69) is 98.8 Å². The average Bonchev–Trinajstić information content (AvgIpc) is 3.40. The molecule has 0 bridgehead atoms. The van der Waals surface area contributed by atoms with Gasteiger partial charge in [0.1, 0.15) is 0 Å². The summed E-state index contributed by atoms with van der Waals surface area (Å²) in [7, 11) is 0. The molecule has 3 aromatic rings. The second kappa shape index (κ2) is 9.81. The van der Waals surface area contributed by atoms with Crippen LogP contribution in [0.1, 0.15) is 87.3 Å². The Morgan fingerprint density at radius 2 is 1.54 bits per heavy atom. The van der Waals surface area contributed by atoms with Gasteiger partial charge >= 0.3 is 0 Å². The standard InChI is InChI=1S/C35H40/c1-24-22-34-30(26-12-5-3-6-13-26)18-10-20-32(34)28(24)16-9-17-29-25(2)23-35-31(19-11-21-33(29)35)27-14-7-4-8-15-27/h3-8,10,12-15,18,20,22,25,28-29,31,33,35H,9,11,16-17,19,21,23H2,1-2H3. The second-order valence-electron chi connectivity index (χ2n) is 11.7. The van der Waals surface area contributed by atoms with Crippen LogP contribution in [-0.2, 0) is 0 Å². The fourth-order valence-corrected chi connectivity index (χ4v) is 8.24. The van der Waals surface area contributed by atoms with Crippen molar-refractivity contribution in [2.24, 2.45) is 23.7 Å². The van der Waals surface area contributed by atoms with Crippen LogP contribution in [0.4, 0.5) is 0 Å². The maximum atomic E-state index is 2.56. The topological polar surface area (TPSA) is 0 Å². The van der Waals surface area contributed by atoms with Crippen LogP contribution in [0.5, 0.6) is 0 Å². The van der Waals surface area contributed by atoms with E-state index in [1.165, 1.54) is 61.6 Å². The summed E-state index contributed by atoms with van der Waals surface area (Å²) in [6, 6.07) is 29.3. The molecule has 0 N–H and O–H groups in total. The van der Waals surface area contributed by atoms with Gasteiger partial charge in [-0.05, 0) is 96.4 Å². The number of benzene rings is 3. The van der Waals surface area contributed by atoms with Crippen LogP contribution < -0.4 is 0 Å². The Balaban J connectivity index is 1.14. The minimum absolute atomic E-state index is 0.601. The lowest BCUT2D eigenvalue weighted by atomic mass is 9.68. The first-order valence-electron chi connectivity index (χ1n) is 14.1. The largest absolute Gasteiger partial charge is 0.0652 e. The Labute approximate surface area is 212 Å². The van der Waals surface area contributed by atoms with Gasteiger partial charge in [0.2, 0.25) is 0 Å². The van der Waals surface area contributed by atoms with Crippen molar-refractivity contribution in [2.75, 3.05) is 0 Å². The van der Waals surface area contributed by atoms with Crippen molar-refractivity contribution in [2.45, 2.75) is 70.6 Å². The fraction of sp³-hybridized carbons (Fsp3) is 0.429. The Morgan fingerprint density at radius 1 is 0.771 bits per heavy atom. The molecule has 3 aromatic carbocycles. The van der Waals surface area contributed by atoms with Gasteiger partial charge in [-0.25, -0.2) is 0 Å². The van der Waals surface area contributed by atoms with Crippen LogP contribution in [0.2, 0.25) is 0 Å². The first-order chi connectivity index (χ1) is 17.2. The number of rotatable bonds is 6. The molecule has 0 heteroatoms. The van der Waals surface area contributed by atoms with E-state index in [9.17, 15) is 0 Å². The third kappa shape index (κ3) is 4.31. The van der Waals surface area contributed by atoms with Crippen molar-refractivity contribution >= 4 is 6.08 Å². The molecule has 2 saturated carbocycles. The summed E-state index contributed by atoms with van der Waals surface area (Å²) in [5.74, 6) is 5.06. The van der Waals surface area contributed by atoms with Gasteiger partial charge < -0.3 is 0 Å². The van der Waals surface area contributed by atoms with E-state index in [1.807, 2.05) is 0 Å². The smallest absolute Gasteiger partial charge is 0.00548 e. The van der Waals surface area contributed by atoms with Crippen LogP contribution in [0.25, 0.3) is 17.2 Å². The fourth-order valence-electron chi connectivity index (χ4n) is 8.24. The van der Waals surface area contributed by atoms with E-state index >= 15 is 0 Å². The van der Waals surface area contributed by atoms with Gasteiger partial charge in [-0.1, -0.05) is 110 Å². The predicted molar refractivity (Wildman–Crippen MR) is 149 cm³/mol. The number of allylic oxidation sites excluding steroid dienone is 1. The third-order valence-corrected chi connectivity index (χ3v) is 9.82. The van der Waals surface area contributed by atoms with E-state index in [-0.39, 0.29) is 0 Å². The maximum absolute atomic E-state index is 2.56. The number of hydrogen-bond acceptors (Lipinski definition) is 0. The minimum Gasteiger partial charge on any atom is -0.0652 e. The highest BCUT2D eigenvalue weighted by Crippen LogP contribution is 2.56. The highest BCUT2D eigenvalue weighted by Gasteiger charge is 2.45. The van der Waals surface area contributed by atoms with E-state index in [1.54, 1.807) is 16.7 Å². The molecule has 6 atom stereocenters. The maximum Gasteiger partial charge on any atom is 0.00548 e. The molecule has 0 spiro atoms. The normalized spacial score (nSPS) is 29.5. The van der Waals surface area contributed by atoms with Gasteiger partial charge in [0.15, 0.2) is 0 Å². The molecule has 0 aliphatic heterocycles. The zero-order valence-corrected chi connectivity index (χ0v) is 21.5. The summed E-state index contributed by atoms with van der Waals surface area (Å²) in [6.45, 7) is 4.92. The van der Waals surface area contributed by atoms with Crippen molar-refractivity contribution in [3.63, 3.8) is 0 Å². The number of hydrogen-bond donors (Lipinski definition) is 0. The lowest BCUT2D eigenvalue weighted by Crippen LogP contribution is -2.26. The van der Waals surface area contributed by atoms with Gasteiger partial charge in [-0.3, -0.25) is 0 Å². The predicted octanol–water partition coefficient (Wildman–Crippen LogP) is 9.88. The van der Waals surface area contributed by atoms with Crippen LogP contribution in [-0.4, -0.2) is 0 Å². The first kappa shape index (κ1) is 22.8. The second-order valence-corrected chi connectivity index (χ2v) is 11.7. The summed E-state index contributed by atoms with van der Waals surface area (Å²) in [4.78, 5) is 0. The molecule has 0 amide bonds. The molecule has 6 rings (SSSR count). The SMILES string of the molecule is CC1=Cc2c(-c3ccccc3)cccc2C1CCCC1C(C)CC2C(c3ccccc3)CCCC12. The molecule has 0 radical (unpaired) electrons. The highest BCUT2D eigenvalue weighted by molar-refractivity contribution is 5.81. The molecular formula is C35H40. The third-order valence-electron chi connectivity index (χ3n) is 9.82. The van der Waals surface area contributed by atoms with Crippen molar-refractivity contribution < 1.29 is 0 Å². The summed E-state index contributed by atoms with van der Waals surface area (Å²) in [5, 5.41) is 0. The summed E-state index contributed by atoms with van der Waals surface area (Å²) in [5.41, 5.74) is 8.92. The Bertz CT molecular complexity index is 1170. The molecular weight excluding hydrogens is 420 g/mol. The molecule has 180 valence electrons. The zero-order valence-electron chi connectivity index (χ0n) is 21.5. The van der Waals surface area contributed by atoms with Crippen LogP contribution in [0.15, 0.2) is 84.4 Å². The summed E-state index contributed by atoms with van der Waals surface area (Å²) in [6.07, 6.45) is 12.3. The average molecular weight is 461 g/mol. The molecule has 0 saturated heterocycles. The van der Waals surface area contributed by atoms with Crippen LogP contribution in [0.3, 0.4) is 0 Å². The van der Waals surface area contributed by atoms with E-state index < -0.39 is 0 Å². The lowest BCUT2D eigenvalue weighted by molar-refractivity contribution is 0.185. The monoisotopic (exact) mass is 460 g/mol. The highest BCUT2D eigenvalue weighted by atomic mass is 14.5. The first-order valence-corrected chi connectivity index (χ1v) is 14.1. The van der Waals surface area contributed by atoms with E-state index in [0.717, 1.165) is 29.6 Å². The molecule has 6 unspecified atom stereocenters. The number of fused-ring (bicyclic) bond motifs is 2. The van der Waals surface area contributed by atoms with Crippen LogP contribution >= 0.6 is 0 Å². The molecule has 3 aliphatic rings. The molecule has 3 aliphatic carbocycles. The molecule has 0 aromatic heterocycles. The molecule has 0 nitrogen and oxygen atoms in total.